The van der Waals surface area contributed by atoms with E-state index in [0.29, 0.717) is 0 Å². The van der Waals surface area contributed by atoms with Crippen LogP contribution >= 0.6 is 0 Å². The lowest BCUT2D eigenvalue weighted by Gasteiger charge is -2.10. The second-order valence-electron chi connectivity index (χ2n) is 3.34. The third kappa shape index (κ3) is 2.08. The molecule has 1 heterocycles. The molecule has 1 aromatic rings. The van der Waals surface area contributed by atoms with E-state index in [1.165, 1.54) is 0 Å². The Morgan fingerprint density at radius 1 is 1.77 bits per heavy atom. The number of aryl methyl sites for hydroxylation is 2. The number of aliphatic carboxylic acids is 1. The van der Waals surface area contributed by atoms with E-state index in [-0.39, 0.29) is 12.3 Å². The van der Waals surface area contributed by atoms with E-state index in [2.05, 4.69) is 5.10 Å². The van der Waals surface area contributed by atoms with Crippen LogP contribution in [0.4, 0.5) is 0 Å². The number of hydrogen-bond acceptors (Lipinski definition) is 2. The predicted molar refractivity (Wildman–Crippen MR) is 48.6 cm³/mol. The number of carbonyl (C=O) groups is 1. The summed E-state index contributed by atoms with van der Waals surface area (Å²) in [5.74, 6) is -0.752. The molecule has 0 aromatic carbocycles. The Morgan fingerprint density at radius 2 is 2.38 bits per heavy atom. The molecule has 0 aliphatic rings. The first-order chi connectivity index (χ1) is 6.02. The zero-order valence-corrected chi connectivity index (χ0v) is 8.11. The largest absolute Gasteiger partial charge is 0.481 e. The molecule has 1 unspecified atom stereocenters. The highest BCUT2D eigenvalue weighted by molar-refractivity contribution is 5.67. The fourth-order valence-electron chi connectivity index (χ4n) is 1.62. The Labute approximate surface area is 77.2 Å². The summed E-state index contributed by atoms with van der Waals surface area (Å²) in [5, 5.41) is 12.7. The minimum atomic E-state index is -0.770. The fourth-order valence-corrected chi connectivity index (χ4v) is 1.62. The number of carboxylic acid groups (broad SMARTS) is 1. The first-order valence-electron chi connectivity index (χ1n) is 4.22. The van der Waals surface area contributed by atoms with Crippen LogP contribution < -0.4 is 0 Å². The first kappa shape index (κ1) is 9.77. The average molecular weight is 182 g/mol. The van der Waals surface area contributed by atoms with E-state index < -0.39 is 5.97 Å². The van der Waals surface area contributed by atoms with Gasteiger partial charge in [-0.1, -0.05) is 6.92 Å². The molecule has 0 saturated heterocycles. The maximum atomic E-state index is 10.5. The Balaban J connectivity index is 2.87. The number of nitrogens with zero attached hydrogens (tertiary/aromatic N) is 2. The van der Waals surface area contributed by atoms with Crippen LogP contribution in [0.2, 0.25) is 0 Å². The second-order valence-corrected chi connectivity index (χ2v) is 3.34. The summed E-state index contributed by atoms with van der Waals surface area (Å²) >= 11 is 0. The number of rotatable bonds is 3. The number of hydrogen-bond donors (Lipinski definition) is 1. The molecule has 0 saturated carbocycles. The topological polar surface area (TPSA) is 55.1 Å². The summed E-state index contributed by atoms with van der Waals surface area (Å²) in [7, 11) is 1.83. The molecule has 72 valence electrons. The van der Waals surface area contributed by atoms with Gasteiger partial charge in [-0.25, -0.2) is 0 Å². The van der Waals surface area contributed by atoms with Crippen molar-refractivity contribution in [3.05, 3.63) is 17.5 Å². The van der Waals surface area contributed by atoms with Crippen molar-refractivity contribution in [1.29, 1.82) is 0 Å². The van der Waals surface area contributed by atoms with Crippen molar-refractivity contribution in [1.82, 2.24) is 9.78 Å². The molecule has 4 nitrogen and oxygen atoms in total. The quantitative estimate of drug-likeness (QED) is 0.766. The van der Waals surface area contributed by atoms with E-state index in [0.717, 1.165) is 11.3 Å². The SMILES string of the molecule is Cc1cnn(C)c1C(C)CC(=O)O. The van der Waals surface area contributed by atoms with Gasteiger partial charge in [0.05, 0.1) is 12.6 Å². The van der Waals surface area contributed by atoms with Gasteiger partial charge >= 0.3 is 5.97 Å². The second kappa shape index (κ2) is 3.60. The van der Waals surface area contributed by atoms with Gasteiger partial charge in [0.2, 0.25) is 0 Å². The van der Waals surface area contributed by atoms with E-state index >= 15 is 0 Å². The van der Waals surface area contributed by atoms with E-state index in [4.69, 9.17) is 5.11 Å². The van der Waals surface area contributed by atoms with Gasteiger partial charge in [-0.15, -0.1) is 0 Å². The summed E-state index contributed by atoms with van der Waals surface area (Å²) in [6.45, 7) is 3.85. The van der Waals surface area contributed by atoms with E-state index in [1.807, 2.05) is 20.9 Å². The van der Waals surface area contributed by atoms with Crippen molar-refractivity contribution in [3.8, 4) is 0 Å². The lowest BCUT2D eigenvalue weighted by molar-refractivity contribution is -0.137. The van der Waals surface area contributed by atoms with Crippen molar-refractivity contribution in [2.45, 2.75) is 26.2 Å². The molecule has 1 N–H and O–H groups in total. The van der Waals surface area contributed by atoms with Crippen molar-refractivity contribution in [2.75, 3.05) is 0 Å². The third-order valence-corrected chi connectivity index (χ3v) is 2.12. The average Bonchev–Trinajstić information content (AvgIpc) is 2.29. The molecule has 1 atom stereocenters. The zero-order valence-electron chi connectivity index (χ0n) is 8.11. The molecule has 0 aliphatic carbocycles. The highest BCUT2D eigenvalue weighted by Gasteiger charge is 2.15. The van der Waals surface area contributed by atoms with Gasteiger partial charge in [0, 0.05) is 18.7 Å². The molecule has 0 spiro atoms. The Bertz CT molecular complexity index is 298. The molecule has 1 aromatic heterocycles. The summed E-state index contributed by atoms with van der Waals surface area (Å²) in [4.78, 5) is 10.5. The van der Waals surface area contributed by atoms with Crippen LogP contribution in [0.3, 0.4) is 0 Å². The summed E-state index contributed by atoms with van der Waals surface area (Å²) in [5.41, 5.74) is 2.05. The van der Waals surface area contributed by atoms with Gasteiger partial charge in [0.25, 0.3) is 0 Å². The van der Waals surface area contributed by atoms with Crippen LogP contribution in [0, 0.1) is 6.92 Å². The monoisotopic (exact) mass is 182 g/mol. The minimum absolute atomic E-state index is 0.0185. The highest BCUT2D eigenvalue weighted by atomic mass is 16.4. The van der Waals surface area contributed by atoms with Crippen LogP contribution in [-0.4, -0.2) is 20.9 Å². The predicted octanol–water partition coefficient (Wildman–Crippen LogP) is 1.31. The minimum Gasteiger partial charge on any atom is -0.481 e. The Kier molecular flexibility index (Phi) is 2.70. The normalized spacial score (nSPS) is 12.8. The summed E-state index contributed by atoms with van der Waals surface area (Å²) < 4.78 is 1.74. The smallest absolute Gasteiger partial charge is 0.304 e. The van der Waals surface area contributed by atoms with Gasteiger partial charge in [-0.2, -0.15) is 5.10 Å². The summed E-state index contributed by atoms with van der Waals surface area (Å²) in [6.07, 6.45) is 1.91. The Hall–Kier alpha value is -1.32. The molecular formula is C9H14N2O2. The molecular weight excluding hydrogens is 168 g/mol. The van der Waals surface area contributed by atoms with E-state index in [9.17, 15) is 4.79 Å². The van der Waals surface area contributed by atoms with Crippen LogP contribution in [0.1, 0.15) is 30.5 Å². The summed E-state index contributed by atoms with van der Waals surface area (Å²) in [6, 6.07) is 0. The van der Waals surface area contributed by atoms with Crippen molar-refractivity contribution < 1.29 is 9.90 Å². The van der Waals surface area contributed by atoms with Crippen LogP contribution in [-0.2, 0) is 11.8 Å². The molecule has 0 bridgehead atoms. The van der Waals surface area contributed by atoms with Gasteiger partial charge < -0.3 is 5.11 Å². The molecule has 0 amide bonds. The molecule has 0 fully saturated rings. The highest BCUT2D eigenvalue weighted by Crippen LogP contribution is 2.21. The molecule has 1 rings (SSSR count). The van der Waals surface area contributed by atoms with E-state index in [1.54, 1.807) is 10.9 Å². The van der Waals surface area contributed by atoms with Gasteiger partial charge in [0.15, 0.2) is 0 Å². The van der Waals surface area contributed by atoms with Gasteiger partial charge in [-0.3, -0.25) is 9.48 Å². The van der Waals surface area contributed by atoms with Crippen molar-refractivity contribution >= 4 is 5.97 Å². The lowest BCUT2D eigenvalue weighted by atomic mass is 10.0. The maximum Gasteiger partial charge on any atom is 0.304 e. The van der Waals surface area contributed by atoms with Crippen molar-refractivity contribution in [3.63, 3.8) is 0 Å². The maximum absolute atomic E-state index is 10.5. The zero-order chi connectivity index (χ0) is 10.0. The van der Waals surface area contributed by atoms with Crippen LogP contribution in [0.25, 0.3) is 0 Å². The number of carboxylic acids is 1. The van der Waals surface area contributed by atoms with Crippen molar-refractivity contribution in [2.24, 2.45) is 7.05 Å². The number of aromatic nitrogens is 2. The third-order valence-electron chi connectivity index (χ3n) is 2.12. The van der Waals surface area contributed by atoms with Crippen LogP contribution in [0.15, 0.2) is 6.20 Å². The standard InChI is InChI=1S/C9H14N2O2/c1-6(4-8(12)13)9-7(2)5-10-11(9)3/h5-6H,4H2,1-3H3,(H,12,13). The Morgan fingerprint density at radius 3 is 2.77 bits per heavy atom. The molecule has 0 aliphatic heterocycles. The molecule has 13 heavy (non-hydrogen) atoms. The lowest BCUT2D eigenvalue weighted by Crippen LogP contribution is -2.08. The van der Waals surface area contributed by atoms with Gasteiger partial charge in [-0.05, 0) is 12.5 Å². The van der Waals surface area contributed by atoms with Crippen LogP contribution in [0.5, 0.6) is 0 Å². The molecule has 4 heteroatoms. The van der Waals surface area contributed by atoms with Gasteiger partial charge in [0.1, 0.15) is 0 Å². The first-order valence-corrected chi connectivity index (χ1v) is 4.22. The molecule has 0 radical (unpaired) electrons. The fraction of sp³-hybridized carbons (Fsp3) is 0.556.